The van der Waals surface area contributed by atoms with Crippen molar-refractivity contribution in [2.45, 2.75) is 51.5 Å². The summed E-state index contributed by atoms with van der Waals surface area (Å²) in [5.41, 5.74) is 7.60. The highest BCUT2D eigenvalue weighted by molar-refractivity contribution is 5.94. The Labute approximate surface area is 123 Å². The zero-order valence-corrected chi connectivity index (χ0v) is 12.4. The largest absolute Gasteiger partial charge is 0.325 e. The van der Waals surface area contributed by atoms with Crippen LogP contribution in [-0.2, 0) is 4.79 Å². The van der Waals surface area contributed by atoms with Gasteiger partial charge in [-0.3, -0.25) is 14.9 Å². The summed E-state index contributed by atoms with van der Waals surface area (Å²) < 4.78 is 0. The third-order valence-electron chi connectivity index (χ3n) is 4.19. The van der Waals surface area contributed by atoms with Crippen LogP contribution in [0.1, 0.15) is 43.2 Å². The minimum Gasteiger partial charge on any atom is -0.325 e. The number of nitrogens with zero attached hydrogens (tertiary/aromatic N) is 1. The molecule has 6 heteroatoms. The van der Waals surface area contributed by atoms with Gasteiger partial charge in [0.05, 0.1) is 4.92 Å². The van der Waals surface area contributed by atoms with Crippen molar-refractivity contribution in [3.8, 4) is 0 Å². The zero-order valence-electron chi connectivity index (χ0n) is 12.4. The molecule has 6 nitrogen and oxygen atoms in total. The number of amides is 1. The molecule has 1 aromatic rings. The first-order valence-corrected chi connectivity index (χ1v) is 7.15. The van der Waals surface area contributed by atoms with Crippen molar-refractivity contribution in [2.75, 3.05) is 5.32 Å². The number of nitro groups is 1. The highest BCUT2D eigenvalue weighted by atomic mass is 16.6. The van der Waals surface area contributed by atoms with Crippen LogP contribution in [-0.4, -0.2) is 16.4 Å². The SMILES string of the molecule is Cc1cc(NC(=O)CC2(N)CCCC2)c([N+](=O)[O-])cc1C. The van der Waals surface area contributed by atoms with Gasteiger partial charge in [0.25, 0.3) is 5.69 Å². The molecule has 1 aliphatic rings. The second-order valence-electron chi connectivity index (χ2n) is 6.01. The van der Waals surface area contributed by atoms with E-state index in [4.69, 9.17) is 5.73 Å². The molecule has 0 atom stereocenters. The van der Waals surface area contributed by atoms with E-state index in [9.17, 15) is 14.9 Å². The lowest BCUT2D eigenvalue weighted by molar-refractivity contribution is -0.384. The molecule has 1 saturated carbocycles. The number of nitrogens with two attached hydrogens (primary N) is 1. The Morgan fingerprint density at radius 3 is 2.48 bits per heavy atom. The molecule has 0 unspecified atom stereocenters. The molecule has 0 heterocycles. The standard InChI is InChI=1S/C15H21N3O3/c1-10-7-12(13(18(20)21)8-11(10)2)17-14(19)9-15(16)5-3-4-6-15/h7-8H,3-6,9,16H2,1-2H3,(H,17,19). The Morgan fingerprint density at radius 2 is 1.90 bits per heavy atom. The number of hydrogen-bond acceptors (Lipinski definition) is 4. The van der Waals surface area contributed by atoms with Crippen molar-refractivity contribution in [1.82, 2.24) is 0 Å². The van der Waals surface area contributed by atoms with Crippen LogP contribution in [0.5, 0.6) is 0 Å². The Bertz CT molecular complexity index is 578. The third-order valence-corrected chi connectivity index (χ3v) is 4.19. The smallest absolute Gasteiger partial charge is 0.293 e. The maximum absolute atomic E-state index is 12.1. The fourth-order valence-electron chi connectivity index (χ4n) is 2.82. The van der Waals surface area contributed by atoms with Gasteiger partial charge in [-0.1, -0.05) is 12.8 Å². The first-order chi connectivity index (χ1) is 9.81. The molecule has 0 bridgehead atoms. The number of carbonyl (C=O) groups is 1. The van der Waals surface area contributed by atoms with E-state index in [1.807, 2.05) is 6.92 Å². The molecular weight excluding hydrogens is 270 g/mol. The number of nitrogens with one attached hydrogen (secondary N) is 1. The van der Waals surface area contributed by atoms with Gasteiger partial charge in [0.15, 0.2) is 0 Å². The number of carbonyl (C=O) groups excluding carboxylic acids is 1. The van der Waals surface area contributed by atoms with Crippen LogP contribution in [0.2, 0.25) is 0 Å². The Hall–Kier alpha value is -1.95. The van der Waals surface area contributed by atoms with Gasteiger partial charge in [0.2, 0.25) is 5.91 Å². The van der Waals surface area contributed by atoms with Gasteiger partial charge >= 0.3 is 0 Å². The molecule has 1 aromatic carbocycles. The third kappa shape index (κ3) is 3.58. The number of hydrogen-bond donors (Lipinski definition) is 2. The lowest BCUT2D eigenvalue weighted by atomic mass is 9.94. The summed E-state index contributed by atoms with van der Waals surface area (Å²) in [6.07, 6.45) is 3.93. The normalized spacial score (nSPS) is 16.7. The van der Waals surface area contributed by atoms with Crippen molar-refractivity contribution in [2.24, 2.45) is 5.73 Å². The number of rotatable bonds is 4. The van der Waals surface area contributed by atoms with E-state index in [0.717, 1.165) is 36.8 Å². The van der Waals surface area contributed by atoms with Gasteiger partial charge in [0.1, 0.15) is 5.69 Å². The molecule has 1 amide bonds. The summed E-state index contributed by atoms with van der Waals surface area (Å²) in [6.45, 7) is 3.66. The van der Waals surface area contributed by atoms with Gasteiger partial charge in [-0.05, 0) is 43.9 Å². The molecule has 1 aliphatic carbocycles. The Morgan fingerprint density at radius 1 is 1.33 bits per heavy atom. The second kappa shape index (κ2) is 5.81. The molecule has 0 aromatic heterocycles. The van der Waals surface area contributed by atoms with Gasteiger partial charge in [-0.25, -0.2) is 0 Å². The summed E-state index contributed by atoms with van der Waals surface area (Å²) in [7, 11) is 0. The molecule has 0 radical (unpaired) electrons. The summed E-state index contributed by atoms with van der Waals surface area (Å²) >= 11 is 0. The molecular formula is C15H21N3O3. The maximum Gasteiger partial charge on any atom is 0.293 e. The summed E-state index contributed by atoms with van der Waals surface area (Å²) in [5.74, 6) is -0.259. The van der Waals surface area contributed by atoms with Crippen LogP contribution in [0, 0.1) is 24.0 Å². The molecule has 0 aliphatic heterocycles. The predicted octanol–water partition coefficient (Wildman–Crippen LogP) is 2.81. The minimum absolute atomic E-state index is 0.0797. The van der Waals surface area contributed by atoms with Gasteiger partial charge in [-0.2, -0.15) is 0 Å². The van der Waals surface area contributed by atoms with Crippen LogP contribution in [0.3, 0.4) is 0 Å². The fraction of sp³-hybridized carbons (Fsp3) is 0.533. The monoisotopic (exact) mass is 291 g/mol. The first kappa shape index (κ1) is 15.4. The van der Waals surface area contributed by atoms with Crippen molar-refractivity contribution in [3.63, 3.8) is 0 Å². The average Bonchev–Trinajstić information content (AvgIpc) is 2.79. The van der Waals surface area contributed by atoms with Crippen LogP contribution < -0.4 is 11.1 Å². The van der Waals surface area contributed by atoms with E-state index in [2.05, 4.69) is 5.32 Å². The highest BCUT2D eigenvalue weighted by Crippen LogP contribution is 2.32. The topological polar surface area (TPSA) is 98.3 Å². The highest BCUT2D eigenvalue weighted by Gasteiger charge is 2.32. The minimum atomic E-state index is -0.476. The lowest BCUT2D eigenvalue weighted by Gasteiger charge is -2.22. The summed E-state index contributed by atoms with van der Waals surface area (Å²) in [6, 6.07) is 3.13. The van der Waals surface area contributed by atoms with E-state index in [0.29, 0.717) is 0 Å². The Kier molecular flexibility index (Phi) is 4.27. The maximum atomic E-state index is 12.1. The van der Waals surface area contributed by atoms with Gasteiger partial charge < -0.3 is 11.1 Å². The Balaban J connectivity index is 2.16. The summed E-state index contributed by atoms with van der Waals surface area (Å²) in [5, 5.41) is 13.8. The quantitative estimate of drug-likeness (QED) is 0.658. The summed E-state index contributed by atoms with van der Waals surface area (Å²) in [4.78, 5) is 22.8. The molecule has 0 spiro atoms. The number of nitro benzene ring substituents is 1. The zero-order chi connectivity index (χ0) is 15.6. The van der Waals surface area contributed by atoms with Crippen molar-refractivity contribution in [1.29, 1.82) is 0 Å². The van der Waals surface area contributed by atoms with E-state index >= 15 is 0 Å². The predicted molar refractivity (Wildman–Crippen MR) is 81.2 cm³/mol. The van der Waals surface area contributed by atoms with Crippen LogP contribution in [0.15, 0.2) is 12.1 Å². The molecule has 1 fully saturated rings. The number of anilines is 1. The van der Waals surface area contributed by atoms with Crippen LogP contribution >= 0.6 is 0 Å². The van der Waals surface area contributed by atoms with Gasteiger partial charge in [0, 0.05) is 18.0 Å². The van der Waals surface area contributed by atoms with E-state index in [1.165, 1.54) is 6.07 Å². The van der Waals surface area contributed by atoms with E-state index in [1.54, 1.807) is 13.0 Å². The van der Waals surface area contributed by atoms with E-state index < -0.39 is 10.5 Å². The van der Waals surface area contributed by atoms with Crippen LogP contribution in [0.4, 0.5) is 11.4 Å². The fourth-order valence-corrected chi connectivity index (χ4v) is 2.82. The average molecular weight is 291 g/mol. The van der Waals surface area contributed by atoms with Crippen molar-refractivity contribution in [3.05, 3.63) is 33.4 Å². The van der Waals surface area contributed by atoms with Crippen molar-refractivity contribution >= 4 is 17.3 Å². The lowest BCUT2D eigenvalue weighted by Crippen LogP contribution is -2.40. The molecule has 2 rings (SSSR count). The van der Waals surface area contributed by atoms with Crippen LogP contribution in [0.25, 0.3) is 0 Å². The number of benzene rings is 1. The number of aryl methyl sites for hydroxylation is 2. The second-order valence-corrected chi connectivity index (χ2v) is 6.01. The molecule has 0 saturated heterocycles. The molecule has 3 N–H and O–H groups in total. The van der Waals surface area contributed by atoms with Crippen molar-refractivity contribution < 1.29 is 9.72 Å². The van der Waals surface area contributed by atoms with E-state index in [-0.39, 0.29) is 23.7 Å². The molecule has 21 heavy (non-hydrogen) atoms. The van der Waals surface area contributed by atoms with Gasteiger partial charge in [-0.15, -0.1) is 0 Å². The molecule has 114 valence electrons. The first-order valence-electron chi connectivity index (χ1n) is 7.15.